The van der Waals surface area contributed by atoms with Crippen LogP contribution in [0.15, 0.2) is 58.1 Å². The Morgan fingerprint density at radius 3 is 2.58 bits per heavy atom. The molecule has 1 amide bonds. The summed E-state index contributed by atoms with van der Waals surface area (Å²) in [5.74, 6) is -0.297. The van der Waals surface area contributed by atoms with Crippen LogP contribution in [0.1, 0.15) is 22.8 Å². The normalized spacial score (nSPS) is 10.7. The molecule has 0 bridgehead atoms. The van der Waals surface area contributed by atoms with E-state index in [1.54, 1.807) is 36.4 Å². The number of benzene rings is 2. The molecule has 0 aliphatic rings. The van der Waals surface area contributed by atoms with E-state index in [0.29, 0.717) is 23.0 Å². The highest BCUT2D eigenvalue weighted by molar-refractivity contribution is 9.10. The predicted molar refractivity (Wildman–Crippen MR) is 102 cm³/mol. The summed E-state index contributed by atoms with van der Waals surface area (Å²) < 4.78 is 2.09. The summed E-state index contributed by atoms with van der Waals surface area (Å²) in [6, 6.07) is 12.2. The van der Waals surface area contributed by atoms with Crippen molar-refractivity contribution in [2.24, 2.45) is 0 Å². The van der Waals surface area contributed by atoms with Gasteiger partial charge >= 0.3 is 0 Å². The lowest BCUT2D eigenvalue weighted by atomic mass is 10.1. The minimum Gasteiger partial charge on any atom is -0.352 e. The second kappa shape index (κ2) is 7.61. The average molecular weight is 414 g/mol. The fraction of sp³-hybridized carbons (Fsp3) is 0.158. The van der Waals surface area contributed by atoms with Gasteiger partial charge in [0.1, 0.15) is 0 Å². The lowest BCUT2D eigenvalue weighted by Crippen LogP contribution is -2.24. The summed E-state index contributed by atoms with van der Waals surface area (Å²) in [6.07, 6.45) is 1.39. The van der Waals surface area contributed by atoms with E-state index in [-0.39, 0.29) is 23.8 Å². The van der Waals surface area contributed by atoms with Crippen LogP contribution in [-0.2, 0) is 17.9 Å². The summed E-state index contributed by atoms with van der Waals surface area (Å²) in [5.41, 5.74) is 1.72. The summed E-state index contributed by atoms with van der Waals surface area (Å²) in [6.45, 7) is 1.78. The fourth-order valence-electron chi connectivity index (χ4n) is 2.52. The molecule has 3 rings (SSSR count). The number of nitrogens with one attached hydrogen (secondary N) is 1. The van der Waals surface area contributed by atoms with E-state index in [4.69, 9.17) is 0 Å². The van der Waals surface area contributed by atoms with Crippen molar-refractivity contribution in [3.05, 3.63) is 74.7 Å². The van der Waals surface area contributed by atoms with Gasteiger partial charge in [0.15, 0.2) is 5.78 Å². The van der Waals surface area contributed by atoms with E-state index in [0.717, 1.165) is 10.0 Å². The third-order valence-corrected chi connectivity index (χ3v) is 4.41. The largest absolute Gasteiger partial charge is 0.352 e. The molecule has 1 N–H and O–H groups in total. The number of hydrogen-bond acceptors (Lipinski definition) is 4. The molecule has 1 heterocycles. The number of carbonyl (C=O) groups is 2. The van der Waals surface area contributed by atoms with E-state index in [9.17, 15) is 14.4 Å². The summed E-state index contributed by atoms with van der Waals surface area (Å²) in [4.78, 5) is 40.2. The molecule has 0 spiro atoms. The highest BCUT2D eigenvalue weighted by Crippen LogP contribution is 2.15. The van der Waals surface area contributed by atoms with Gasteiger partial charge in [-0.1, -0.05) is 40.2 Å². The number of halogens is 1. The second-order valence-corrected chi connectivity index (χ2v) is 6.78. The van der Waals surface area contributed by atoms with Crippen LogP contribution in [0.3, 0.4) is 0 Å². The Morgan fingerprint density at radius 1 is 1.15 bits per heavy atom. The first-order valence-electron chi connectivity index (χ1n) is 7.95. The van der Waals surface area contributed by atoms with Gasteiger partial charge in [-0.05, 0) is 23.8 Å². The van der Waals surface area contributed by atoms with Crippen molar-refractivity contribution in [3.63, 3.8) is 0 Å². The van der Waals surface area contributed by atoms with E-state index in [1.165, 1.54) is 17.8 Å². The van der Waals surface area contributed by atoms with Gasteiger partial charge < -0.3 is 5.32 Å². The molecule has 0 radical (unpaired) electrons. The molecule has 132 valence electrons. The number of ketones is 1. The van der Waals surface area contributed by atoms with Crippen molar-refractivity contribution < 1.29 is 9.59 Å². The third-order valence-electron chi connectivity index (χ3n) is 3.92. The Labute approximate surface area is 158 Å². The van der Waals surface area contributed by atoms with Crippen LogP contribution in [0, 0.1) is 0 Å². The number of fused-ring (bicyclic) bond motifs is 1. The standard InChI is InChI=1S/C19H16BrN3O3/c1-12(24)21-9-13-2-4-14(5-3-13)18(25)10-23-11-22-17-7-6-15(20)8-16(17)19(23)26/h2-8,11H,9-10H2,1H3,(H,21,24). The van der Waals surface area contributed by atoms with Gasteiger partial charge in [-0.2, -0.15) is 0 Å². The van der Waals surface area contributed by atoms with Crippen LogP contribution in [-0.4, -0.2) is 21.2 Å². The molecule has 2 aromatic carbocycles. The van der Waals surface area contributed by atoms with E-state index in [2.05, 4.69) is 26.2 Å². The van der Waals surface area contributed by atoms with Gasteiger partial charge in [0.05, 0.1) is 23.8 Å². The molecule has 0 atom stereocenters. The number of nitrogens with zero attached hydrogens (tertiary/aromatic N) is 2. The molecule has 0 fully saturated rings. The third kappa shape index (κ3) is 4.05. The van der Waals surface area contributed by atoms with Gasteiger partial charge in [-0.15, -0.1) is 0 Å². The van der Waals surface area contributed by atoms with Gasteiger partial charge in [-0.25, -0.2) is 4.98 Å². The molecule has 0 aliphatic heterocycles. The van der Waals surface area contributed by atoms with Crippen LogP contribution in [0.4, 0.5) is 0 Å². The molecule has 7 heteroatoms. The van der Waals surface area contributed by atoms with Crippen LogP contribution < -0.4 is 10.9 Å². The minimum atomic E-state index is -0.257. The van der Waals surface area contributed by atoms with Crippen LogP contribution in [0.5, 0.6) is 0 Å². The molecule has 1 aromatic heterocycles. The molecule has 0 saturated heterocycles. The van der Waals surface area contributed by atoms with Crippen molar-refractivity contribution in [2.45, 2.75) is 20.0 Å². The highest BCUT2D eigenvalue weighted by Gasteiger charge is 2.11. The minimum absolute atomic E-state index is 0.0840. The molecule has 0 aliphatic carbocycles. The summed E-state index contributed by atoms with van der Waals surface area (Å²) >= 11 is 3.34. The van der Waals surface area contributed by atoms with Crippen molar-refractivity contribution in [1.29, 1.82) is 0 Å². The molecular weight excluding hydrogens is 398 g/mol. The first kappa shape index (κ1) is 18.0. The SMILES string of the molecule is CC(=O)NCc1ccc(C(=O)Cn2cnc3ccc(Br)cc3c2=O)cc1. The second-order valence-electron chi connectivity index (χ2n) is 5.87. The van der Waals surface area contributed by atoms with Gasteiger partial charge in [-0.3, -0.25) is 19.0 Å². The average Bonchev–Trinajstić information content (AvgIpc) is 2.63. The number of aromatic nitrogens is 2. The molecule has 6 nitrogen and oxygen atoms in total. The Hall–Kier alpha value is -2.80. The van der Waals surface area contributed by atoms with Crippen molar-refractivity contribution in [2.75, 3.05) is 0 Å². The Bertz CT molecular complexity index is 1040. The molecule has 0 unspecified atom stereocenters. The number of Topliss-reactive ketones (excluding diaryl/α,β-unsaturated/α-hetero) is 1. The lowest BCUT2D eigenvalue weighted by Gasteiger charge is -2.07. The molecule has 3 aromatic rings. The first-order chi connectivity index (χ1) is 12.4. The van der Waals surface area contributed by atoms with E-state index in [1.807, 2.05) is 6.07 Å². The molecule has 26 heavy (non-hydrogen) atoms. The van der Waals surface area contributed by atoms with Crippen molar-refractivity contribution in [1.82, 2.24) is 14.9 Å². The van der Waals surface area contributed by atoms with Crippen LogP contribution >= 0.6 is 15.9 Å². The summed E-state index contributed by atoms with van der Waals surface area (Å²) in [5, 5.41) is 3.16. The topological polar surface area (TPSA) is 81.1 Å². The number of carbonyl (C=O) groups excluding carboxylic acids is 2. The zero-order valence-electron chi connectivity index (χ0n) is 14.0. The fourth-order valence-corrected chi connectivity index (χ4v) is 2.89. The van der Waals surface area contributed by atoms with Gasteiger partial charge in [0, 0.05) is 23.5 Å². The maximum absolute atomic E-state index is 12.6. The number of hydrogen-bond donors (Lipinski definition) is 1. The number of rotatable bonds is 5. The zero-order chi connectivity index (χ0) is 18.7. The van der Waals surface area contributed by atoms with Gasteiger partial charge in [0.2, 0.25) is 5.91 Å². The smallest absolute Gasteiger partial charge is 0.261 e. The maximum Gasteiger partial charge on any atom is 0.261 e. The Balaban J connectivity index is 1.79. The van der Waals surface area contributed by atoms with Crippen LogP contribution in [0.25, 0.3) is 10.9 Å². The van der Waals surface area contributed by atoms with Crippen LogP contribution in [0.2, 0.25) is 0 Å². The monoisotopic (exact) mass is 413 g/mol. The number of amides is 1. The van der Waals surface area contributed by atoms with Crippen molar-refractivity contribution >= 4 is 38.5 Å². The lowest BCUT2D eigenvalue weighted by molar-refractivity contribution is -0.119. The quantitative estimate of drug-likeness (QED) is 0.651. The summed E-state index contributed by atoms with van der Waals surface area (Å²) in [7, 11) is 0. The van der Waals surface area contributed by atoms with E-state index < -0.39 is 0 Å². The predicted octanol–water partition coefficient (Wildman–Crippen LogP) is 2.68. The first-order valence-corrected chi connectivity index (χ1v) is 8.74. The maximum atomic E-state index is 12.6. The Morgan fingerprint density at radius 2 is 1.88 bits per heavy atom. The molecule has 0 saturated carbocycles. The van der Waals surface area contributed by atoms with Crippen molar-refractivity contribution in [3.8, 4) is 0 Å². The highest BCUT2D eigenvalue weighted by atomic mass is 79.9. The van der Waals surface area contributed by atoms with E-state index >= 15 is 0 Å². The zero-order valence-corrected chi connectivity index (χ0v) is 15.6. The Kier molecular flexibility index (Phi) is 5.27. The van der Waals surface area contributed by atoms with Gasteiger partial charge in [0.25, 0.3) is 5.56 Å². The molecular formula is C19H16BrN3O3.